The largest absolute Gasteiger partial charge is 0.518 e. The van der Waals surface area contributed by atoms with Crippen molar-refractivity contribution >= 4 is 15.8 Å². The van der Waals surface area contributed by atoms with Gasteiger partial charge >= 0.3 is 15.8 Å². The zero-order chi connectivity index (χ0) is 12.9. The zero-order valence-electron chi connectivity index (χ0n) is 7.92. The summed E-state index contributed by atoms with van der Waals surface area (Å²) in [7, 11) is -10.2. The van der Waals surface area contributed by atoms with E-state index >= 15 is 0 Å². The third-order valence-corrected chi connectivity index (χ3v) is 4.06. The van der Waals surface area contributed by atoms with E-state index < -0.39 is 47.2 Å². The van der Waals surface area contributed by atoms with Gasteiger partial charge in [0.05, 0.1) is 13.2 Å². The van der Waals surface area contributed by atoms with Crippen LogP contribution in [0.4, 0.5) is 17.2 Å². The first kappa shape index (κ1) is 13.5. The van der Waals surface area contributed by atoms with E-state index in [0.29, 0.717) is 0 Å². The van der Waals surface area contributed by atoms with Gasteiger partial charge in [0.1, 0.15) is 5.41 Å². The van der Waals surface area contributed by atoms with Gasteiger partial charge in [-0.1, -0.05) is 0 Å². The molecule has 17 heavy (non-hydrogen) atoms. The van der Waals surface area contributed by atoms with Crippen molar-refractivity contribution in [3.8, 4) is 0 Å². The predicted molar refractivity (Wildman–Crippen MR) is 43.7 cm³/mol. The first-order chi connectivity index (χ1) is 7.67. The van der Waals surface area contributed by atoms with Crippen LogP contribution in [0.5, 0.6) is 0 Å². The van der Waals surface area contributed by atoms with E-state index in [4.69, 9.17) is 0 Å². The fourth-order valence-electron chi connectivity index (χ4n) is 1.29. The van der Waals surface area contributed by atoms with Gasteiger partial charge in [-0.05, 0) is 0 Å². The highest BCUT2D eigenvalue weighted by Gasteiger charge is 2.62. The van der Waals surface area contributed by atoms with E-state index in [1.807, 2.05) is 0 Å². The van der Waals surface area contributed by atoms with Crippen molar-refractivity contribution in [2.24, 2.45) is 5.41 Å². The molecule has 0 N–H and O–H groups in total. The van der Waals surface area contributed by atoms with Crippen LogP contribution in [0.15, 0.2) is 0 Å². The highest BCUT2D eigenvalue weighted by Crippen LogP contribution is 2.64. The molecule has 2 aliphatic rings. The molecule has 6 nitrogen and oxygen atoms in total. The highest BCUT2D eigenvalue weighted by molar-refractivity contribution is 7.48. The summed E-state index contributed by atoms with van der Waals surface area (Å²) < 4.78 is 88.7. The summed E-state index contributed by atoms with van der Waals surface area (Å²) >= 11 is 0. The smallest absolute Gasteiger partial charge is 0.282 e. The molecule has 2 aliphatic heterocycles. The third-order valence-electron chi connectivity index (χ3n) is 2.32. The average molecular weight is 300 g/mol. The van der Waals surface area contributed by atoms with E-state index in [2.05, 4.69) is 18.1 Å². The summed E-state index contributed by atoms with van der Waals surface area (Å²) in [5.41, 5.74) is -2.36. The number of hydrogen-bond acceptors (Lipinski definition) is 6. The van der Waals surface area contributed by atoms with E-state index in [-0.39, 0.29) is 0 Å². The molecular weight excluding hydrogens is 294 g/mol. The number of alkyl halides is 2. The maximum absolute atomic E-state index is 13.4. The van der Waals surface area contributed by atoms with Crippen molar-refractivity contribution in [1.82, 2.24) is 0 Å². The monoisotopic (exact) mass is 300 g/mol. The van der Waals surface area contributed by atoms with Crippen molar-refractivity contribution in [1.29, 1.82) is 0 Å². The Balaban J connectivity index is 2.21. The molecule has 0 amide bonds. The van der Waals surface area contributed by atoms with Crippen molar-refractivity contribution in [2.75, 3.05) is 13.2 Å². The van der Waals surface area contributed by atoms with Gasteiger partial charge in [0.25, 0.3) is 0 Å². The summed E-state index contributed by atoms with van der Waals surface area (Å²) in [6.45, 7) is -2.13. The summed E-state index contributed by atoms with van der Waals surface area (Å²) in [6.07, 6.45) is -5.50. The molecule has 0 aromatic carbocycles. The van der Waals surface area contributed by atoms with E-state index in [9.17, 15) is 26.3 Å². The molecule has 1 spiro atoms. The summed E-state index contributed by atoms with van der Waals surface area (Å²) in [6, 6.07) is 0. The molecule has 2 fully saturated rings. The normalized spacial score (nSPS) is 56.0. The molecule has 2 unspecified atom stereocenters. The minimum Gasteiger partial charge on any atom is -0.282 e. The molecule has 0 aromatic rings. The van der Waals surface area contributed by atoms with E-state index in [1.54, 1.807) is 0 Å². The highest BCUT2D eigenvalue weighted by atomic mass is 31.2. The van der Waals surface area contributed by atoms with Gasteiger partial charge in [0.2, 0.25) is 12.7 Å². The average Bonchev–Trinajstić information content (AvgIpc) is 2.14. The third kappa shape index (κ3) is 2.43. The lowest BCUT2D eigenvalue weighted by molar-refractivity contribution is -0.235. The number of hydrogen-bond donors (Lipinski definition) is 0. The summed E-state index contributed by atoms with van der Waals surface area (Å²) in [4.78, 5) is 0. The molecular formula is C5H6F4O6P2. The second-order valence-electron chi connectivity index (χ2n) is 3.48. The molecule has 0 aliphatic carbocycles. The molecule has 2 heterocycles. The van der Waals surface area contributed by atoms with Crippen LogP contribution < -0.4 is 0 Å². The fraction of sp³-hybridized carbons (Fsp3) is 1.00. The van der Waals surface area contributed by atoms with Gasteiger partial charge in [0, 0.05) is 0 Å². The molecule has 12 heteroatoms. The first-order valence-corrected chi connectivity index (χ1v) is 7.07. The number of halogens is 4. The second kappa shape index (κ2) is 4.01. The Labute approximate surface area is 92.5 Å². The Kier molecular flexibility index (Phi) is 3.17. The van der Waals surface area contributed by atoms with Gasteiger partial charge < -0.3 is 0 Å². The SMILES string of the molecule is O=P1(F)OCC2(CO1)C(F)OP(=O)(F)OC2F. The zero-order valence-corrected chi connectivity index (χ0v) is 9.71. The van der Waals surface area contributed by atoms with E-state index in [1.165, 1.54) is 0 Å². The van der Waals surface area contributed by atoms with Crippen LogP contribution in [0.25, 0.3) is 0 Å². The Bertz CT molecular complexity index is 387. The summed E-state index contributed by atoms with van der Waals surface area (Å²) in [5, 5.41) is 0. The standard InChI is InChI=1S/C5H6F4O6P2/c6-3-5(1-12-16(8,10)13-2-5)4(7)15-17(9,11)14-3/h3-4H,1-2H2. The van der Waals surface area contributed by atoms with Crippen molar-refractivity contribution < 1.29 is 44.4 Å². The van der Waals surface area contributed by atoms with Crippen molar-refractivity contribution in [3.05, 3.63) is 0 Å². The van der Waals surface area contributed by atoms with Gasteiger partial charge in [-0.3, -0.25) is 9.05 Å². The van der Waals surface area contributed by atoms with Crippen LogP contribution in [-0.4, -0.2) is 25.9 Å². The van der Waals surface area contributed by atoms with Gasteiger partial charge in [-0.2, -0.15) is 0 Å². The molecule has 100 valence electrons. The van der Waals surface area contributed by atoms with E-state index in [0.717, 1.165) is 0 Å². The molecule has 0 saturated carbocycles. The van der Waals surface area contributed by atoms with Crippen molar-refractivity contribution in [3.63, 3.8) is 0 Å². The second-order valence-corrected chi connectivity index (χ2v) is 6.14. The quantitative estimate of drug-likeness (QED) is 0.506. The molecule has 0 radical (unpaired) electrons. The maximum Gasteiger partial charge on any atom is 0.518 e. The van der Waals surface area contributed by atoms with Crippen LogP contribution in [0.1, 0.15) is 0 Å². The minimum atomic E-state index is -5.35. The van der Waals surface area contributed by atoms with Gasteiger partial charge in [-0.25, -0.2) is 27.0 Å². The van der Waals surface area contributed by atoms with Gasteiger partial charge in [0.15, 0.2) is 0 Å². The Morgan fingerprint density at radius 1 is 0.941 bits per heavy atom. The van der Waals surface area contributed by atoms with Crippen LogP contribution in [0.3, 0.4) is 0 Å². The van der Waals surface area contributed by atoms with Crippen molar-refractivity contribution in [2.45, 2.75) is 12.7 Å². The lowest BCUT2D eigenvalue weighted by atomic mass is 9.90. The van der Waals surface area contributed by atoms with Crippen LogP contribution in [0, 0.1) is 5.41 Å². The molecule has 2 atom stereocenters. The first-order valence-electron chi connectivity index (χ1n) is 4.20. The Hall–Kier alpha value is 0.0200. The maximum atomic E-state index is 13.4. The van der Waals surface area contributed by atoms with Crippen LogP contribution >= 0.6 is 15.8 Å². The lowest BCUT2D eigenvalue weighted by Gasteiger charge is -2.43. The van der Waals surface area contributed by atoms with Crippen LogP contribution in [0.2, 0.25) is 0 Å². The minimum absolute atomic E-state index is 1.07. The summed E-state index contributed by atoms with van der Waals surface area (Å²) in [5.74, 6) is 0. The predicted octanol–water partition coefficient (Wildman–Crippen LogP) is 2.81. The van der Waals surface area contributed by atoms with Gasteiger partial charge in [-0.15, -0.1) is 8.39 Å². The van der Waals surface area contributed by atoms with Crippen LogP contribution in [-0.2, 0) is 27.2 Å². The Morgan fingerprint density at radius 3 is 1.76 bits per heavy atom. The molecule has 0 aromatic heterocycles. The number of rotatable bonds is 0. The molecule has 2 saturated heterocycles. The molecule has 0 bridgehead atoms. The topological polar surface area (TPSA) is 71.1 Å². The molecule has 2 rings (SSSR count). The fourth-order valence-corrected chi connectivity index (χ4v) is 3.07. The Morgan fingerprint density at radius 2 is 1.35 bits per heavy atom. The lowest BCUT2D eigenvalue weighted by Crippen LogP contribution is -2.53.